The van der Waals surface area contributed by atoms with E-state index >= 15 is 0 Å². The number of hydrogen-bond donors (Lipinski definition) is 1. The van der Waals surface area contributed by atoms with Crippen LogP contribution in [-0.4, -0.2) is 37.6 Å². The number of hydrogen-bond acceptors (Lipinski definition) is 2. The molecule has 0 amide bonds. The van der Waals surface area contributed by atoms with Crippen LogP contribution in [0.3, 0.4) is 0 Å². The highest BCUT2D eigenvalue weighted by Crippen LogP contribution is 2.14. The molecule has 2 saturated heterocycles. The van der Waals surface area contributed by atoms with Crippen LogP contribution in [-0.2, 0) is 0 Å². The van der Waals surface area contributed by atoms with E-state index in [-0.39, 0.29) is 12.4 Å². The largest absolute Gasteiger partial charge is 0.316 e. The van der Waals surface area contributed by atoms with Gasteiger partial charge in [0.25, 0.3) is 0 Å². The predicted molar refractivity (Wildman–Crippen MR) is 58.5 cm³/mol. The van der Waals surface area contributed by atoms with Crippen molar-refractivity contribution in [3.63, 3.8) is 0 Å². The summed E-state index contributed by atoms with van der Waals surface area (Å²) in [7, 11) is 0. The molecule has 2 aliphatic rings. The standard InChI is InChI=1S/C10H20N2.ClH/c1-2-6-12(7-3-1)9-10-4-5-11-8-10;/h10-11H,1-9H2;1H. The van der Waals surface area contributed by atoms with Crippen LogP contribution >= 0.6 is 12.4 Å². The molecular weight excluding hydrogens is 184 g/mol. The summed E-state index contributed by atoms with van der Waals surface area (Å²) in [5, 5.41) is 3.44. The van der Waals surface area contributed by atoms with E-state index in [0.717, 1.165) is 5.92 Å². The number of rotatable bonds is 2. The summed E-state index contributed by atoms with van der Waals surface area (Å²) in [5.41, 5.74) is 0. The van der Waals surface area contributed by atoms with Gasteiger partial charge in [-0.15, -0.1) is 12.4 Å². The maximum Gasteiger partial charge on any atom is 0.00223 e. The van der Waals surface area contributed by atoms with Crippen LogP contribution in [0.2, 0.25) is 0 Å². The number of piperidine rings is 1. The van der Waals surface area contributed by atoms with Gasteiger partial charge in [0.15, 0.2) is 0 Å². The molecule has 2 nitrogen and oxygen atoms in total. The highest BCUT2D eigenvalue weighted by Gasteiger charge is 2.18. The number of nitrogens with zero attached hydrogens (tertiary/aromatic N) is 1. The van der Waals surface area contributed by atoms with Crippen molar-refractivity contribution in [1.29, 1.82) is 0 Å². The molecular formula is C10H21ClN2. The first-order valence-corrected chi connectivity index (χ1v) is 5.38. The summed E-state index contributed by atoms with van der Waals surface area (Å²) in [6, 6.07) is 0. The second-order valence-electron chi connectivity index (χ2n) is 4.22. The minimum absolute atomic E-state index is 0. The lowest BCUT2D eigenvalue weighted by molar-refractivity contribution is 0.200. The van der Waals surface area contributed by atoms with Crippen LogP contribution in [0, 0.1) is 5.92 Å². The van der Waals surface area contributed by atoms with E-state index in [1.807, 2.05) is 0 Å². The highest BCUT2D eigenvalue weighted by molar-refractivity contribution is 5.85. The molecule has 78 valence electrons. The molecule has 0 aromatic rings. The van der Waals surface area contributed by atoms with Crippen LogP contribution in [0.15, 0.2) is 0 Å². The maximum atomic E-state index is 3.44. The van der Waals surface area contributed by atoms with Gasteiger partial charge in [-0.05, 0) is 51.4 Å². The molecule has 0 saturated carbocycles. The van der Waals surface area contributed by atoms with Gasteiger partial charge in [0.2, 0.25) is 0 Å². The Bertz CT molecular complexity index is 129. The summed E-state index contributed by atoms with van der Waals surface area (Å²) < 4.78 is 0. The molecule has 3 heteroatoms. The van der Waals surface area contributed by atoms with Crippen LogP contribution in [0.1, 0.15) is 25.7 Å². The zero-order valence-electron chi connectivity index (χ0n) is 8.30. The maximum absolute atomic E-state index is 3.44. The molecule has 0 aromatic carbocycles. The van der Waals surface area contributed by atoms with E-state index in [2.05, 4.69) is 10.2 Å². The highest BCUT2D eigenvalue weighted by atomic mass is 35.5. The smallest absolute Gasteiger partial charge is 0.00223 e. The fourth-order valence-corrected chi connectivity index (χ4v) is 2.38. The molecule has 0 aliphatic carbocycles. The van der Waals surface area contributed by atoms with Crippen molar-refractivity contribution in [2.24, 2.45) is 5.92 Å². The molecule has 2 heterocycles. The molecule has 1 unspecified atom stereocenters. The Labute approximate surface area is 87.5 Å². The molecule has 2 aliphatic heterocycles. The minimum Gasteiger partial charge on any atom is -0.316 e. The van der Waals surface area contributed by atoms with Crippen molar-refractivity contribution in [3.8, 4) is 0 Å². The summed E-state index contributed by atoms with van der Waals surface area (Å²) in [6.45, 7) is 6.58. The van der Waals surface area contributed by atoms with E-state index < -0.39 is 0 Å². The molecule has 1 N–H and O–H groups in total. The fraction of sp³-hybridized carbons (Fsp3) is 1.00. The lowest BCUT2D eigenvalue weighted by atomic mass is 10.1. The number of halogens is 1. The molecule has 2 rings (SSSR count). The topological polar surface area (TPSA) is 15.3 Å². The average Bonchev–Trinajstić information content (AvgIpc) is 2.59. The van der Waals surface area contributed by atoms with Gasteiger partial charge in [-0.3, -0.25) is 0 Å². The summed E-state index contributed by atoms with van der Waals surface area (Å²) in [6.07, 6.45) is 5.72. The van der Waals surface area contributed by atoms with Gasteiger partial charge in [-0.1, -0.05) is 6.42 Å². The predicted octanol–water partition coefficient (Wildman–Crippen LogP) is 1.50. The van der Waals surface area contributed by atoms with Crippen molar-refractivity contribution in [2.75, 3.05) is 32.7 Å². The van der Waals surface area contributed by atoms with E-state index in [4.69, 9.17) is 0 Å². The number of likely N-dealkylation sites (tertiary alicyclic amines) is 1. The molecule has 0 bridgehead atoms. The Hall–Kier alpha value is 0.210. The lowest BCUT2D eigenvalue weighted by Crippen LogP contribution is -2.34. The Kier molecular flexibility index (Phi) is 5.07. The summed E-state index contributed by atoms with van der Waals surface area (Å²) in [5.74, 6) is 0.947. The third-order valence-corrected chi connectivity index (χ3v) is 3.13. The van der Waals surface area contributed by atoms with Gasteiger partial charge in [0, 0.05) is 6.54 Å². The first-order chi connectivity index (χ1) is 5.95. The van der Waals surface area contributed by atoms with Crippen LogP contribution in [0.5, 0.6) is 0 Å². The summed E-state index contributed by atoms with van der Waals surface area (Å²) >= 11 is 0. The monoisotopic (exact) mass is 204 g/mol. The lowest BCUT2D eigenvalue weighted by Gasteiger charge is -2.28. The van der Waals surface area contributed by atoms with E-state index in [1.54, 1.807) is 0 Å². The Morgan fingerprint density at radius 1 is 1.15 bits per heavy atom. The Morgan fingerprint density at radius 2 is 1.92 bits per heavy atom. The Morgan fingerprint density at radius 3 is 2.54 bits per heavy atom. The molecule has 0 radical (unpaired) electrons. The van der Waals surface area contributed by atoms with Gasteiger partial charge in [-0.25, -0.2) is 0 Å². The van der Waals surface area contributed by atoms with Crippen molar-refractivity contribution < 1.29 is 0 Å². The van der Waals surface area contributed by atoms with Gasteiger partial charge in [0.05, 0.1) is 0 Å². The van der Waals surface area contributed by atoms with E-state index in [9.17, 15) is 0 Å². The zero-order chi connectivity index (χ0) is 8.23. The summed E-state index contributed by atoms with van der Waals surface area (Å²) in [4.78, 5) is 2.65. The molecule has 0 spiro atoms. The second-order valence-corrected chi connectivity index (χ2v) is 4.22. The van der Waals surface area contributed by atoms with Crippen LogP contribution in [0.25, 0.3) is 0 Å². The van der Waals surface area contributed by atoms with Crippen molar-refractivity contribution in [2.45, 2.75) is 25.7 Å². The Balaban J connectivity index is 0.000000845. The fourth-order valence-electron chi connectivity index (χ4n) is 2.38. The van der Waals surface area contributed by atoms with Crippen molar-refractivity contribution in [3.05, 3.63) is 0 Å². The van der Waals surface area contributed by atoms with Crippen LogP contribution < -0.4 is 5.32 Å². The average molecular weight is 205 g/mol. The molecule has 13 heavy (non-hydrogen) atoms. The SMILES string of the molecule is C1CCN(CC2CCNC2)CC1.Cl. The number of nitrogens with one attached hydrogen (secondary N) is 1. The van der Waals surface area contributed by atoms with Gasteiger partial charge in [-0.2, -0.15) is 0 Å². The third kappa shape index (κ3) is 3.45. The van der Waals surface area contributed by atoms with Gasteiger partial charge >= 0.3 is 0 Å². The second kappa shape index (κ2) is 5.84. The normalized spacial score (nSPS) is 30.0. The molecule has 2 fully saturated rings. The van der Waals surface area contributed by atoms with Gasteiger partial charge in [0.1, 0.15) is 0 Å². The molecule has 1 atom stereocenters. The first-order valence-electron chi connectivity index (χ1n) is 5.38. The van der Waals surface area contributed by atoms with Crippen LogP contribution in [0.4, 0.5) is 0 Å². The molecule has 0 aromatic heterocycles. The first kappa shape index (κ1) is 11.3. The quantitative estimate of drug-likeness (QED) is 0.734. The van der Waals surface area contributed by atoms with E-state index in [0.29, 0.717) is 0 Å². The third-order valence-electron chi connectivity index (χ3n) is 3.13. The minimum atomic E-state index is 0. The van der Waals surface area contributed by atoms with E-state index in [1.165, 1.54) is 58.4 Å². The van der Waals surface area contributed by atoms with Crippen molar-refractivity contribution in [1.82, 2.24) is 10.2 Å². The van der Waals surface area contributed by atoms with Gasteiger partial charge < -0.3 is 10.2 Å². The van der Waals surface area contributed by atoms with Crippen molar-refractivity contribution >= 4 is 12.4 Å². The zero-order valence-corrected chi connectivity index (χ0v) is 9.11.